The average Bonchev–Trinajstić information content (AvgIpc) is 2.65. The van der Waals surface area contributed by atoms with Crippen LogP contribution < -0.4 is 5.32 Å². The summed E-state index contributed by atoms with van der Waals surface area (Å²) < 4.78 is 5.07. The molecule has 0 aliphatic rings. The molecule has 1 atom stereocenters. The summed E-state index contributed by atoms with van der Waals surface area (Å²) in [6, 6.07) is 2.49. The van der Waals surface area contributed by atoms with Gasteiger partial charge in [0.05, 0.1) is 12.5 Å². The van der Waals surface area contributed by atoms with Gasteiger partial charge in [-0.25, -0.2) is 0 Å². The van der Waals surface area contributed by atoms with E-state index in [0.717, 1.165) is 13.0 Å². The molecule has 1 rings (SSSR count). The van der Waals surface area contributed by atoms with Gasteiger partial charge < -0.3 is 9.73 Å². The van der Waals surface area contributed by atoms with Crippen molar-refractivity contribution >= 4 is 11.8 Å². The molecule has 0 aliphatic carbocycles. The van der Waals surface area contributed by atoms with E-state index in [0.29, 0.717) is 6.04 Å². The van der Waals surface area contributed by atoms with Gasteiger partial charge in [0.25, 0.3) is 0 Å². The minimum absolute atomic E-state index is 0.455. The van der Waals surface area contributed by atoms with E-state index in [1.807, 2.05) is 24.1 Å². The molecule has 1 heterocycles. The van der Waals surface area contributed by atoms with E-state index in [2.05, 4.69) is 18.5 Å². The first-order valence-electron chi connectivity index (χ1n) is 4.63. The molecule has 0 saturated heterocycles. The summed E-state index contributed by atoms with van der Waals surface area (Å²) in [5.41, 5.74) is 1.26. The Morgan fingerprint density at radius 2 is 2.46 bits per heavy atom. The standard InChI is InChI=1S/C10H17NOS/c1-3-11-10(5-7-13-2)9-4-6-12-8-9/h4,6,8,10-11H,3,5,7H2,1-2H3. The zero-order valence-corrected chi connectivity index (χ0v) is 9.06. The van der Waals surface area contributed by atoms with Gasteiger partial charge in [0.1, 0.15) is 0 Å². The minimum atomic E-state index is 0.455. The van der Waals surface area contributed by atoms with Gasteiger partial charge in [0.2, 0.25) is 0 Å². The minimum Gasteiger partial charge on any atom is -0.472 e. The maximum Gasteiger partial charge on any atom is 0.0950 e. The first kappa shape index (κ1) is 10.7. The van der Waals surface area contributed by atoms with Crippen LogP contribution in [0.2, 0.25) is 0 Å². The van der Waals surface area contributed by atoms with Gasteiger partial charge in [-0.3, -0.25) is 0 Å². The number of hydrogen-bond donors (Lipinski definition) is 1. The lowest BCUT2D eigenvalue weighted by Crippen LogP contribution is -2.20. The van der Waals surface area contributed by atoms with Crippen molar-refractivity contribution in [3.63, 3.8) is 0 Å². The molecule has 2 nitrogen and oxygen atoms in total. The van der Waals surface area contributed by atoms with Crippen LogP contribution in [-0.4, -0.2) is 18.6 Å². The van der Waals surface area contributed by atoms with Gasteiger partial charge in [-0.1, -0.05) is 6.92 Å². The van der Waals surface area contributed by atoms with E-state index in [4.69, 9.17) is 4.42 Å². The summed E-state index contributed by atoms with van der Waals surface area (Å²) in [5.74, 6) is 1.18. The molecule has 1 N–H and O–H groups in total. The lowest BCUT2D eigenvalue weighted by atomic mass is 10.1. The van der Waals surface area contributed by atoms with Gasteiger partial charge in [-0.05, 0) is 31.0 Å². The molecule has 0 aliphatic heterocycles. The maximum absolute atomic E-state index is 5.07. The predicted molar refractivity (Wildman–Crippen MR) is 58.1 cm³/mol. The molecular formula is C10H17NOS. The van der Waals surface area contributed by atoms with E-state index >= 15 is 0 Å². The van der Waals surface area contributed by atoms with E-state index in [1.165, 1.54) is 11.3 Å². The Labute approximate surface area is 84.1 Å². The summed E-state index contributed by atoms with van der Waals surface area (Å²) in [7, 11) is 0. The molecule has 0 aromatic carbocycles. The first-order chi connectivity index (χ1) is 6.38. The van der Waals surface area contributed by atoms with Crippen LogP contribution in [-0.2, 0) is 0 Å². The van der Waals surface area contributed by atoms with Crippen LogP contribution in [0.3, 0.4) is 0 Å². The van der Waals surface area contributed by atoms with E-state index in [-0.39, 0.29) is 0 Å². The second-order valence-electron chi connectivity index (χ2n) is 2.95. The SMILES string of the molecule is CCNC(CCSC)c1ccoc1. The monoisotopic (exact) mass is 199 g/mol. The Hall–Kier alpha value is -0.410. The topological polar surface area (TPSA) is 25.2 Å². The number of nitrogens with one attached hydrogen (secondary N) is 1. The van der Waals surface area contributed by atoms with Gasteiger partial charge >= 0.3 is 0 Å². The molecule has 0 spiro atoms. The van der Waals surface area contributed by atoms with Crippen LogP contribution in [0.15, 0.2) is 23.0 Å². The van der Waals surface area contributed by atoms with Gasteiger partial charge in [0.15, 0.2) is 0 Å². The van der Waals surface area contributed by atoms with E-state index in [1.54, 1.807) is 6.26 Å². The van der Waals surface area contributed by atoms with E-state index < -0.39 is 0 Å². The molecular weight excluding hydrogens is 182 g/mol. The van der Waals surface area contributed by atoms with Gasteiger partial charge in [-0.2, -0.15) is 11.8 Å². The van der Waals surface area contributed by atoms with Crippen molar-refractivity contribution in [3.05, 3.63) is 24.2 Å². The number of thioether (sulfide) groups is 1. The molecule has 3 heteroatoms. The molecule has 1 unspecified atom stereocenters. The highest BCUT2D eigenvalue weighted by Crippen LogP contribution is 2.18. The highest BCUT2D eigenvalue weighted by Gasteiger charge is 2.09. The molecule has 0 radical (unpaired) electrons. The van der Waals surface area contributed by atoms with Crippen LogP contribution >= 0.6 is 11.8 Å². The fourth-order valence-corrected chi connectivity index (χ4v) is 1.81. The van der Waals surface area contributed by atoms with Crippen molar-refractivity contribution in [2.75, 3.05) is 18.6 Å². The molecule has 0 saturated carbocycles. The smallest absolute Gasteiger partial charge is 0.0950 e. The number of furan rings is 1. The summed E-state index contributed by atoms with van der Waals surface area (Å²) in [6.07, 6.45) is 6.86. The zero-order valence-electron chi connectivity index (χ0n) is 8.25. The molecule has 1 aromatic rings. The fraction of sp³-hybridized carbons (Fsp3) is 0.600. The Balaban J connectivity index is 2.47. The number of hydrogen-bond acceptors (Lipinski definition) is 3. The van der Waals surface area contributed by atoms with Crippen LogP contribution in [0.5, 0.6) is 0 Å². The second-order valence-corrected chi connectivity index (χ2v) is 3.93. The van der Waals surface area contributed by atoms with Crippen molar-refractivity contribution in [2.24, 2.45) is 0 Å². The lowest BCUT2D eigenvalue weighted by Gasteiger charge is -2.15. The second kappa shape index (κ2) is 6.11. The van der Waals surface area contributed by atoms with Crippen LogP contribution in [0.4, 0.5) is 0 Å². The summed E-state index contributed by atoms with van der Waals surface area (Å²) in [5, 5.41) is 3.45. The Morgan fingerprint density at radius 3 is 3.00 bits per heavy atom. The molecule has 0 fully saturated rings. The van der Waals surface area contributed by atoms with Crippen LogP contribution in [0, 0.1) is 0 Å². The molecule has 0 amide bonds. The van der Waals surface area contributed by atoms with Crippen molar-refractivity contribution in [3.8, 4) is 0 Å². The fourth-order valence-electron chi connectivity index (χ4n) is 1.34. The van der Waals surface area contributed by atoms with Gasteiger partial charge in [-0.15, -0.1) is 0 Å². The third-order valence-electron chi connectivity index (χ3n) is 2.01. The maximum atomic E-state index is 5.07. The Kier molecular flexibility index (Phi) is 5.01. The molecule has 0 bridgehead atoms. The van der Waals surface area contributed by atoms with Crippen molar-refractivity contribution < 1.29 is 4.42 Å². The molecule has 13 heavy (non-hydrogen) atoms. The van der Waals surface area contributed by atoms with Crippen LogP contribution in [0.1, 0.15) is 24.9 Å². The van der Waals surface area contributed by atoms with Gasteiger partial charge in [0, 0.05) is 11.6 Å². The quantitative estimate of drug-likeness (QED) is 0.762. The highest BCUT2D eigenvalue weighted by atomic mass is 32.2. The van der Waals surface area contributed by atoms with E-state index in [9.17, 15) is 0 Å². The largest absolute Gasteiger partial charge is 0.472 e. The van der Waals surface area contributed by atoms with Crippen molar-refractivity contribution in [2.45, 2.75) is 19.4 Å². The number of rotatable bonds is 6. The first-order valence-corrected chi connectivity index (χ1v) is 6.02. The average molecular weight is 199 g/mol. The predicted octanol–water partition coefficient (Wildman–Crippen LogP) is 2.68. The van der Waals surface area contributed by atoms with Crippen molar-refractivity contribution in [1.29, 1.82) is 0 Å². The normalized spacial score (nSPS) is 13.1. The summed E-state index contributed by atoms with van der Waals surface area (Å²) >= 11 is 1.88. The third-order valence-corrected chi connectivity index (χ3v) is 2.65. The lowest BCUT2D eigenvalue weighted by molar-refractivity contribution is 0.519. The van der Waals surface area contributed by atoms with Crippen molar-refractivity contribution in [1.82, 2.24) is 5.32 Å². The van der Waals surface area contributed by atoms with Crippen LogP contribution in [0.25, 0.3) is 0 Å². The summed E-state index contributed by atoms with van der Waals surface area (Å²) in [6.45, 7) is 3.14. The zero-order chi connectivity index (χ0) is 9.52. The Bertz CT molecular complexity index is 211. The Morgan fingerprint density at radius 1 is 1.62 bits per heavy atom. The highest BCUT2D eigenvalue weighted by molar-refractivity contribution is 7.98. The molecule has 74 valence electrons. The third kappa shape index (κ3) is 3.44. The summed E-state index contributed by atoms with van der Waals surface area (Å²) in [4.78, 5) is 0. The molecule has 1 aromatic heterocycles.